The van der Waals surface area contributed by atoms with E-state index in [0.29, 0.717) is 17.2 Å². The van der Waals surface area contributed by atoms with Crippen molar-refractivity contribution in [2.24, 2.45) is 0 Å². The predicted molar refractivity (Wildman–Crippen MR) is 132 cm³/mol. The highest BCUT2D eigenvalue weighted by molar-refractivity contribution is 7.22. The molecule has 0 saturated heterocycles. The van der Waals surface area contributed by atoms with E-state index in [9.17, 15) is 4.79 Å². The van der Waals surface area contributed by atoms with Crippen molar-refractivity contribution in [3.8, 4) is 5.69 Å². The lowest BCUT2D eigenvalue weighted by atomic mass is 10.1. The predicted octanol–water partition coefficient (Wildman–Crippen LogP) is 5.65. The topological polar surface area (TPSA) is 63.9 Å². The molecular weight excluding hydrogens is 430 g/mol. The molecule has 6 nitrogen and oxygen atoms in total. The van der Waals surface area contributed by atoms with Crippen LogP contribution in [0.15, 0.2) is 73.1 Å². The summed E-state index contributed by atoms with van der Waals surface area (Å²) in [6, 6.07) is 19.8. The Balaban J connectivity index is 1.59. The van der Waals surface area contributed by atoms with E-state index in [1.54, 1.807) is 22.0 Å². The quantitative estimate of drug-likeness (QED) is 0.345. The number of aromatic nitrogens is 4. The van der Waals surface area contributed by atoms with Crippen LogP contribution in [0.1, 0.15) is 32.9 Å². The van der Waals surface area contributed by atoms with Crippen LogP contribution in [0.5, 0.6) is 0 Å². The molecule has 3 heterocycles. The molecule has 7 heteroatoms. The van der Waals surface area contributed by atoms with Crippen molar-refractivity contribution in [2.75, 3.05) is 4.90 Å². The number of hydrogen-bond acceptors (Lipinski definition) is 5. The normalized spacial score (nSPS) is 11.1. The molecule has 0 aliphatic carbocycles. The van der Waals surface area contributed by atoms with E-state index >= 15 is 0 Å². The molecule has 0 unspecified atom stereocenters. The Bertz CT molecular complexity index is 1440. The summed E-state index contributed by atoms with van der Waals surface area (Å²) in [6.45, 7) is 6.37. The number of benzene rings is 2. The maximum atomic E-state index is 13.9. The van der Waals surface area contributed by atoms with Crippen LogP contribution in [0.25, 0.3) is 15.9 Å². The third-order valence-corrected chi connectivity index (χ3v) is 6.61. The SMILES string of the molecule is Cc1cc(C)c2nc(N(Cc3ccccn3)C(=O)c3cnn(-c4ccccc4)c3C)sc2c1. The number of carbonyl (C=O) groups excluding carboxylic acids is 1. The van der Waals surface area contributed by atoms with Crippen LogP contribution in [0.4, 0.5) is 5.13 Å². The number of rotatable bonds is 5. The Morgan fingerprint density at radius 1 is 1.03 bits per heavy atom. The number of nitrogens with zero attached hydrogens (tertiary/aromatic N) is 5. The van der Waals surface area contributed by atoms with Crippen LogP contribution < -0.4 is 4.90 Å². The van der Waals surface area contributed by atoms with E-state index in [4.69, 9.17) is 4.98 Å². The monoisotopic (exact) mass is 453 g/mol. The lowest BCUT2D eigenvalue weighted by Crippen LogP contribution is -2.31. The molecule has 0 radical (unpaired) electrons. The Hall–Kier alpha value is -3.84. The van der Waals surface area contributed by atoms with Gasteiger partial charge in [-0.2, -0.15) is 5.10 Å². The number of carbonyl (C=O) groups is 1. The standard InChI is InChI=1S/C26H23N5OS/c1-17-13-18(2)24-23(14-17)33-26(29-24)30(16-20-9-7-8-12-27-20)25(32)22-15-28-31(19(22)3)21-10-5-4-6-11-21/h4-15H,16H2,1-3H3. The highest BCUT2D eigenvalue weighted by Crippen LogP contribution is 2.33. The first-order valence-electron chi connectivity index (χ1n) is 10.7. The molecule has 33 heavy (non-hydrogen) atoms. The highest BCUT2D eigenvalue weighted by atomic mass is 32.1. The third kappa shape index (κ3) is 4.03. The minimum atomic E-state index is -0.145. The number of aryl methyl sites for hydroxylation is 2. The molecule has 1 amide bonds. The summed E-state index contributed by atoms with van der Waals surface area (Å²) in [5.74, 6) is -0.145. The molecule has 0 aliphatic heterocycles. The molecule has 0 bridgehead atoms. The van der Waals surface area contributed by atoms with Crippen LogP contribution in [0.2, 0.25) is 0 Å². The minimum Gasteiger partial charge on any atom is -0.278 e. The number of fused-ring (bicyclic) bond motifs is 1. The third-order valence-electron chi connectivity index (χ3n) is 5.58. The maximum absolute atomic E-state index is 13.9. The summed E-state index contributed by atoms with van der Waals surface area (Å²) in [6.07, 6.45) is 3.38. The number of anilines is 1. The molecule has 5 rings (SSSR count). The van der Waals surface area contributed by atoms with Crippen molar-refractivity contribution < 1.29 is 4.79 Å². The smallest absolute Gasteiger partial charge is 0.263 e. The molecule has 2 aromatic carbocycles. The van der Waals surface area contributed by atoms with Crippen LogP contribution in [0, 0.1) is 20.8 Å². The first kappa shape index (κ1) is 21.0. The number of para-hydroxylation sites is 1. The second-order valence-corrected chi connectivity index (χ2v) is 9.04. The van der Waals surface area contributed by atoms with E-state index in [1.807, 2.05) is 55.5 Å². The second kappa shape index (κ2) is 8.60. The van der Waals surface area contributed by atoms with Crippen LogP contribution >= 0.6 is 11.3 Å². The molecule has 164 valence electrons. The van der Waals surface area contributed by atoms with Gasteiger partial charge in [0.05, 0.1) is 45.6 Å². The highest BCUT2D eigenvalue weighted by Gasteiger charge is 2.26. The van der Waals surface area contributed by atoms with Crippen molar-refractivity contribution >= 4 is 32.6 Å². The minimum absolute atomic E-state index is 0.145. The van der Waals surface area contributed by atoms with E-state index in [0.717, 1.165) is 32.9 Å². The summed E-state index contributed by atoms with van der Waals surface area (Å²) in [4.78, 5) is 24.9. The van der Waals surface area contributed by atoms with E-state index in [1.165, 1.54) is 16.9 Å². The molecule has 0 fully saturated rings. The van der Waals surface area contributed by atoms with Gasteiger partial charge in [0.1, 0.15) is 0 Å². The maximum Gasteiger partial charge on any atom is 0.263 e. The van der Waals surface area contributed by atoms with Crippen LogP contribution in [-0.4, -0.2) is 25.7 Å². The molecule has 0 atom stereocenters. The zero-order valence-electron chi connectivity index (χ0n) is 18.7. The van der Waals surface area contributed by atoms with E-state index in [2.05, 4.69) is 36.1 Å². The first-order valence-corrected chi connectivity index (χ1v) is 11.5. The van der Waals surface area contributed by atoms with Crippen molar-refractivity contribution in [1.82, 2.24) is 19.7 Å². The molecule has 0 spiro atoms. The van der Waals surface area contributed by atoms with Gasteiger partial charge in [-0.15, -0.1) is 0 Å². The van der Waals surface area contributed by atoms with Gasteiger partial charge in [0.2, 0.25) is 0 Å². The van der Waals surface area contributed by atoms with Gasteiger partial charge >= 0.3 is 0 Å². The summed E-state index contributed by atoms with van der Waals surface area (Å²) in [5, 5.41) is 5.15. The Kier molecular flexibility index (Phi) is 5.48. The van der Waals surface area contributed by atoms with Crippen molar-refractivity contribution in [3.63, 3.8) is 0 Å². The van der Waals surface area contributed by atoms with Gasteiger partial charge in [0.25, 0.3) is 5.91 Å². The summed E-state index contributed by atoms with van der Waals surface area (Å²) in [7, 11) is 0. The fraction of sp³-hybridized carbons (Fsp3) is 0.154. The molecule has 0 saturated carbocycles. The number of thiazole rings is 1. The lowest BCUT2D eigenvalue weighted by Gasteiger charge is -2.19. The van der Waals surface area contributed by atoms with Crippen LogP contribution in [-0.2, 0) is 6.54 Å². The van der Waals surface area contributed by atoms with Gasteiger partial charge in [-0.1, -0.05) is 41.7 Å². The number of pyridine rings is 1. The Labute approximate surface area is 196 Å². The number of hydrogen-bond donors (Lipinski definition) is 0. The fourth-order valence-corrected chi connectivity index (χ4v) is 5.09. The molecule has 0 N–H and O–H groups in total. The van der Waals surface area contributed by atoms with Gasteiger partial charge in [-0.25, -0.2) is 9.67 Å². The van der Waals surface area contributed by atoms with Gasteiger partial charge < -0.3 is 0 Å². The summed E-state index contributed by atoms with van der Waals surface area (Å²) in [5.41, 5.74) is 6.24. The van der Waals surface area contributed by atoms with Crippen molar-refractivity contribution in [3.05, 3.63) is 101 Å². The summed E-state index contributed by atoms with van der Waals surface area (Å²) < 4.78 is 2.86. The zero-order chi connectivity index (χ0) is 22.9. The van der Waals surface area contributed by atoms with Gasteiger partial charge in [0.15, 0.2) is 5.13 Å². The van der Waals surface area contributed by atoms with Crippen molar-refractivity contribution in [1.29, 1.82) is 0 Å². The molecular formula is C26H23N5OS. The molecule has 3 aromatic heterocycles. The zero-order valence-corrected chi connectivity index (χ0v) is 19.5. The average Bonchev–Trinajstić information content (AvgIpc) is 3.42. The molecule has 0 aliphatic rings. The largest absolute Gasteiger partial charge is 0.278 e. The van der Waals surface area contributed by atoms with Crippen LogP contribution in [0.3, 0.4) is 0 Å². The molecule has 5 aromatic rings. The fourth-order valence-electron chi connectivity index (χ4n) is 3.95. The first-order chi connectivity index (χ1) is 16.0. The average molecular weight is 454 g/mol. The van der Waals surface area contributed by atoms with Gasteiger partial charge in [0, 0.05) is 6.20 Å². The van der Waals surface area contributed by atoms with Gasteiger partial charge in [-0.3, -0.25) is 14.7 Å². The van der Waals surface area contributed by atoms with E-state index < -0.39 is 0 Å². The lowest BCUT2D eigenvalue weighted by molar-refractivity contribution is 0.0984. The number of amides is 1. The Morgan fingerprint density at radius 2 is 1.82 bits per heavy atom. The summed E-state index contributed by atoms with van der Waals surface area (Å²) >= 11 is 1.52. The van der Waals surface area contributed by atoms with E-state index in [-0.39, 0.29) is 5.91 Å². The van der Waals surface area contributed by atoms with Crippen molar-refractivity contribution in [2.45, 2.75) is 27.3 Å². The second-order valence-electron chi connectivity index (χ2n) is 8.03. The Morgan fingerprint density at radius 3 is 2.58 bits per heavy atom. The van der Waals surface area contributed by atoms with Gasteiger partial charge in [-0.05, 0) is 62.2 Å².